The van der Waals surface area contributed by atoms with Crippen molar-refractivity contribution in [3.8, 4) is 0 Å². The monoisotopic (exact) mass is 289 g/mol. The van der Waals surface area contributed by atoms with Crippen LogP contribution in [-0.2, 0) is 6.42 Å². The topological polar surface area (TPSA) is 3.24 Å². The molecule has 0 bridgehead atoms. The van der Waals surface area contributed by atoms with Gasteiger partial charge in [-0.25, -0.2) is 0 Å². The lowest BCUT2D eigenvalue weighted by Crippen LogP contribution is -2.29. The Morgan fingerprint density at radius 2 is 1.73 bits per heavy atom. The molecule has 1 heterocycles. The summed E-state index contributed by atoms with van der Waals surface area (Å²) in [6, 6.07) is 21.7. The molecule has 2 aromatic rings. The summed E-state index contributed by atoms with van der Waals surface area (Å²) in [5.41, 5.74) is 6.02. The third kappa shape index (κ3) is 4.21. The molecule has 22 heavy (non-hydrogen) atoms. The van der Waals surface area contributed by atoms with Crippen molar-refractivity contribution in [3.63, 3.8) is 0 Å². The van der Waals surface area contributed by atoms with E-state index in [1.807, 2.05) is 6.07 Å². The Labute approximate surface area is 133 Å². The molecule has 0 saturated carbocycles. The van der Waals surface area contributed by atoms with E-state index in [1.54, 1.807) is 0 Å². The normalized spacial score (nSPS) is 17.9. The predicted octanol–water partition coefficient (Wildman–Crippen LogP) is 4.56. The van der Waals surface area contributed by atoms with Crippen molar-refractivity contribution >= 4 is 6.08 Å². The molecule has 1 fully saturated rings. The van der Waals surface area contributed by atoms with Gasteiger partial charge in [0.1, 0.15) is 0 Å². The van der Waals surface area contributed by atoms with Crippen LogP contribution in [0, 0.1) is 0 Å². The van der Waals surface area contributed by atoms with E-state index in [4.69, 9.17) is 0 Å². The summed E-state index contributed by atoms with van der Waals surface area (Å²) >= 11 is 0. The van der Waals surface area contributed by atoms with Crippen LogP contribution >= 0.6 is 0 Å². The number of nitrogens with zero attached hydrogens (tertiary/aromatic N) is 1. The van der Waals surface area contributed by atoms with Crippen LogP contribution in [0.15, 0.2) is 72.5 Å². The van der Waals surface area contributed by atoms with E-state index in [0.29, 0.717) is 6.04 Å². The van der Waals surface area contributed by atoms with Gasteiger partial charge in [0.2, 0.25) is 0 Å². The van der Waals surface area contributed by atoms with Crippen LogP contribution in [0.2, 0.25) is 0 Å². The first kappa shape index (κ1) is 14.8. The molecular weight excluding hydrogens is 266 g/mol. The molecule has 0 radical (unpaired) electrons. The zero-order valence-electron chi connectivity index (χ0n) is 13.0. The van der Waals surface area contributed by atoms with Gasteiger partial charge < -0.3 is 0 Å². The molecule has 3 rings (SSSR count). The van der Waals surface area contributed by atoms with Gasteiger partial charge in [-0.05, 0) is 49.1 Å². The summed E-state index contributed by atoms with van der Waals surface area (Å²) < 4.78 is 0. The Bertz CT molecular complexity index is 623. The number of rotatable bonds is 5. The lowest BCUT2D eigenvalue weighted by molar-refractivity contribution is 0.294. The Morgan fingerprint density at radius 1 is 1.00 bits per heavy atom. The zero-order valence-corrected chi connectivity index (χ0v) is 13.0. The van der Waals surface area contributed by atoms with Crippen molar-refractivity contribution in [2.75, 3.05) is 13.1 Å². The third-order valence-corrected chi connectivity index (χ3v) is 4.28. The Morgan fingerprint density at radius 3 is 2.50 bits per heavy atom. The smallest absolute Gasteiger partial charge is 0.0353 e. The van der Waals surface area contributed by atoms with Crippen LogP contribution in [0.4, 0.5) is 0 Å². The Kier molecular flexibility index (Phi) is 5.26. The van der Waals surface area contributed by atoms with Gasteiger partial charge in [-0.2, -0.15) is 0 Å². The molecule has 1 unspecified atom stereocenters. The molecule has 0 spiro atoms. The largest absolute Gasteiger partial charge is 0.296 e. The summed E-state index contributed by atoms with van der Waals surface area (Å²) in [5.74, 6) is 0. The maximum Gasteiger partial charge on any atom is 0.0353 e. The fraction of sp³-hybridized carbons (Fsp3) is 0.286. The molecule has 1 nitrogen and oxygen atoms in total. The summed E-state index contributed by atoms with van der Waals surface area (Å²) in [5, 5.41) is 0. The van der Waals surface area contributed by atoms with E-state index in [-0.39, 0.29) is 0 Å². The predicted molar refractivity (Wildman–Crippen MR) is 93.7 cm³/mol. The van der Waals surface area contributed by atoms with Crippen molar-refractivity contribution in [3.05, 3.63) is 83.6 Å². The van der Waals surface area contributed by atoms with E-state index in [2.05, 4.69) is 77.4 Å². The molecule has 1 aliphatic heterocycles. The highest BCUT2D eigenvalue weighted by atomic mass is 15.2. The van der Waals surface area contributed by atoms with Gasteiger partial charge >= 0.3 is 0 Å². The summed E-state index contributed by atoms with van der Waals surface area (Å²) in [4.78, 5) is 2.58. The van der Waals surface area contributed by atoms with E-state index >= 15 is 0 Å². The highest BCUT2D eigenvalue weighted by Crippen LogP contribution is 2.18. The molecule has 0 amide bonds. The van der Waals surface area contributed by atoms with Gasteiger partial charge in [0, 0.05) is 12.6 Å². The van der Waals surface area contributed by atoms with Gasteiger partial charge in [0.15, 0.2) is 0 Å². The second kappa shape index (κ2) is 7.79. The second-order valence-electron chi connectivity index (χ2n) is 5.87. The fourth-order valence-electron chi connectivity index (χ4n) is 3.04. The number of hydrogen-bond donors (Lipinski definition) is 0. The molecule has 0 N–H and O–H groups in total. The van der Waals surface area contributed by atoms with Crippen LogP contribution in [0.5, 0.6) is 0 Å². The summed E-state index contributed by atoms with van der Waals surface area (Å²) in [6.45, 7) is 2.35. The highest BCUT2D eigenvalue weighted by molar-refractivity contribution is 5.48. The molecule has 2 aromatic carbocycles. The molecule has 1 saturated heterocycles. The van der Waals surface area contributed by atoms with Gasteiger partial charge in [0.05, 0.1) is 0 Å². The SMILES string of the molecule is C(=Cc1ccccc1)=CC1CCCN1CCc1ccccc1. The molecule has 0 aromatic heterocycles. The van der Waals surface area contributed by atoms with Gasteiger partial charge in [-0.1, -0.05) is 60.7 Å². The summed E-state index contributed by atoms with van der Waals surface area (Å²) in [7, 11) is 0. The molecule has 0 aliphatic carbocycles. The van der Waals surface area contributed by atoms with E-state index in [0.717, 1.165) is 13.0 Å². The van der Waals surface area contributed by atoms with Crippen LogP contribution in [-0.4, -0.2) is 24.0 Å². The van der Waals surface area contributed by atoms with Crippen LogP contribution < -0.4 is 0 Å². The van der Waals surface area contributed by atoms with E-state index in [1.165, 1.54) is 30.5 Å². The Hall–Kier alpha value is -2.08. The van der Waals surface area contributed by atoms with Crippen molar-refractivity contribution in [1.29, 1.82) is 0 Å². The van der Waals surface area contributed by atoms with Crippen LogP contribution in [0.1, 0.15) is 24.0 Å². The Balaban J connectivity index is 1.57. The molecule has 1 atom stereocenters. The minimum absolute atomic E-state index is 0.545. The molecular formula is C21H23N. The van der Waals surface area contributed by atoms with Gasteiger partial charge in [0.25, 0.3) is 0 Å². The third-order valence-electron chi connectivity index (χ3n) is 4.28. The van der Waals surface area contributed by atoms with E-state index in [9.17, 15) is 0 Å². The maximum absolute atomic E-state index is 3.38. The quantitative estimate of drug-likeness (QED) is 0.729. The van der Waals surface area contributed by atoms with Gasteiger partial charge in [-0.3, -0.25) is 4.90 Å². The van der Waals surface area contributed by atoms with Crippen LogP contribution in [0.25, 0.3) is 6.08 Å². The number of hydrogen-bond acceptors (Lipinski definition) is 1. The van der Waals surface area contributed by atoms with Crippen LogP contribution in [0.3, 0.4) is 0 Å². The minimum atomic E-state index is 0.545. The average molecular weight is 289 g/mol. The highest BCUT2D eigenvalue weighted by Gasteiger charge is 2.21. The van der Waals surface area contributed by atoms with Crippen molar-refractivity contribution in [2.24, 2.45) is 0 Å². The first-order valence-corrected chi connectivity index (χ1v) is 8.17. The lowest BCUT2D eigenvalue weighted by Gasteiger charge is -2.21. The van der Waals surface area contributed by atoms with Crippen molar-refractivity contribution < 1.29 is 0 Å². The maximum atomic E-state index is 3.38. The fourth-order valence-corrected chi connectivity index (χ4v) is 3.04. The molecule has 1 heteroatoms. The molecule has 1 aliphatic rings. The lowest BCUT2D eigenvalue weighted by atomic mass is 10.1. The number of likely N-dealkylation sites (tertiary alicyclic amines) is 1. The van der Waals surface area contributed by atoms with Crippen molar-refractivity contribution in [2.45, 2.75) is 25.3 Å². The average Bonchev–Trinajstić information content (AvgIpc) is 3.02. The van der Waals surface area contributed by atoms with E-state index < -0.39 is 0 Å². The van der Waals surface area contributed by atoms with Crippen molar-refractivity contribution in [1.82, 2.24) is 4.90 Å². The minimum Gasteiger partial charge on any atom is -0.296 e. The zero-order chi connectivity index (χ0) is 15.0. The second-order valence-corrected chi connectivity index (χ2v) is 5.87. The van der Waals surface area contributed by atoms with Gasteiger partial charge in [-0.15, -0.1) is 5.73 Å². The number of benzene rings is 2. The molecule has 112 valence electrons. The first-order valence-electron chi connectivity index (χ1n) is 8.17. The first-order chi connectivity index (χ1) is 10.9. The standard InChI is InChI=1S/C21H23N/c1-3-9-19(10-4-1)13-7-14-21-15-8-17-22(21)18-16-20-11-5-2-6-12-20/h1-6,9-14,21H,8,15-18H2. The summed E-state index contributed by atoms with van der Waals surface area (Å²) in [6.07, 6.45) is 8.00.